The number of hydrogen-bond donors (Lipinski definition) is 2. The lowest BCUT2D eigenvalue weighted by atomic mass is 10.1. The van der Waals surface area contributed by atoms with E-state index in [-0.39, 0.29) is 5.91 Å². The molecule has 0 bridgehead atoms. The fraction of sp³-hybridized carbons (Fsp3) is 0.333. The Labute approximate surface area is 123 Å². The molecular weight excluding hydrogens is 270 g/mol. The standard InChI is InChI=1S/C15H19N3OS/c1-10-4-5-14(16-3)13(8-10)15(19)17-7-6-12-9-20-11(2)18-12/h4-5,8-9,16H,6-7H2,1-3H3,(H,17,19). The Bertz CT molecular complexity index is 607. The van der Waals surface area contributed by atoms with Gasteiger partial charge < -0.3 is 10.6 Å². The van der Waals surface area contributed by atoms with Crippen LogP contribution in [0.4, 0.5) is 5.69 Å². The largest absolute Gasteiger partial charge is 0.387 e. The fourth-order valence-corrected chi connectivity index (χ4v) is 2.63. The van der Waals surface area contributed by atoms with Crippen LogP contribution in [-0.2, 0) is 6.42 Å². The van der Waals surface area contributed by atoms with E-state index in [0.29, 0.717) is 12.1 Å². The van der Waals surface area contributed by atoms with Gasteiger partial charge in [0.05, 0.1) is 16.3 Å². The number of aryl methyl sites for hydroxylation is 2. The number of aromatic nitrogens is 1. The number of amides is 1. The monoisotopic (exact) mass is 289 g/mol. The molecule has 106 valence electrons. The highest BCUT2D eigenvalue weighted by Gasteiger charge is 2.10. The van der Waals surface area contributed by atoms with Crippen molar-refractivity contribution < 1.29 is 4.79 Å². The number of carbonyl (C=O) groups excluding carboxylic acids is 1. The molecule has 1 aromatic heterocycles. The Morgan fingerprint density at radius 1 is 1.35 bits per heavy atom. The van der Waals surface area contributed by atoms with Crippen molar-refractivity contribution in [2.45, 2.75) is 20.3 Å². The van der Waals surface area contributed by atoms with E-state index in [4.69, 9.17) is 0 Å². The smallest absolute Gasteiger partial charge is 0.253 e. The van der Waals surface area contributed by atoms with Crippen molar-refractivity contribution >= 4 is 22.9 Å². The van der Waals surface area contributed by atoms with E-state index >= 15 is 0 Å². The summed E-state index contributed by atoms with van der Waals surface area (Å²) in [7, 11) is 1.82. The molecule has 2 aromatic rings. The molecule has 4 nitrogen and oxygen atoms in total. The number of nitrogens with zero attached hydrogens (tertiary/aromatic N) is 1. The van der Waals surface area contributed by atoms with E-state index in [1.807, 2.05) is 44.5 Å². The van der Waals surface area contributed by atoms with Crippen molar-refractivity contribution in [1.82, 2.24) is 10.3 Å². The lowest BCUT2D eigenvalue weighted by molar-refractivity contribution is 0.0955. The average molecular weight is 289 g/mol. The number of thiazole rings is 1. The molecule has 1 aromatic carbocycles. The fourth-order valence-electron chi connectivity index (χ4n) is 1.99. The molecule has 0 aliphatic rings. The third-order valence-electron chi connectivity index (χ3n) is 3.02. The van der Waals surface area contributed by atoms with Crippen molar-refractivity contribution in [3.63, 3.8) is 0 Å². The molecule has 0 atom stereocenters. The number of hydrogen-bond acceptors (Lipinski definition) is 4. The molecule has 2 N–H and O–H groups in total. The summed E-state index contributed by atoms with van der Waals surface area (Å²) in [5.74, 6) is -0.0509. The zero-order valence-electron chi connectivity index (χ0n) is 12.0. The maximum atomic E-state index is 12.2. The molecule has 1 heterocycles. The number of rotatable bonds is 5. The van der Waals surface area contributed by atoms with Gasteiger partial charge in [-0.15, -0.1) is 11.3 Å². The molecule has 1 amide bonds. The Kier molecular flexibility index (Phi) is 4.74. The van der Waals surface area contributed by atoms with Gasteiger partial charge in [-0.1, -0.05) is 11.6 Å². The average Bonchev–Trinajstić information content (AvgIpc) is 2.84. The maximum Gasteiger partial charge on any atom is 0.253 e. The molecule has 0 saturated heterocycles. The highest BCUT2D eigenvalue weighted by Crippen LogP contribution is 2.16. The molecular formula is C15H19N3OS. The van der Waals surface area contributed by atoms with Gasteiger partial charge in [0.1, 0.15) is 0 Å². The van der Waals surface area contributed by atoms with Gasteiger partial charge in [0, 0.05) is 31.1 Å². The summed E-state index contributed by atoms with van der Waals surface area (Å²) in [6, 6.07) is 5.81. The van der Waals surface area contributed by atoms with Crippen LogP contribution in [0.5, 0.6) is 0 Å². The minimum Gasteiger partial charge on any atom is -0.387 e. The van der Waals surface area contributed by atoms with Crippen LogP contribution in [0.15, 0.2) is 23.6 Å². The summed E-state index contributed by atoms with van der Waals surface area (Å²) in [6.45, 7) is 4.56. The molecule has 0 aliphatic carbocycles. The first-order valence-electron chi connectivity index (χ1n) is 6.57. The lowest BCUT2D eigenvalue weighted by Gasteiger charge is -2.10. The summed E-state index contributed by atoms with van der Waals surface area (Å²) in [5.41, 5.74) is 3.63. The van der Waals surface area contributed by atoms with E-state index < -0.39 is 0 Å². The van der Waals surface area contributed by atoms with E-state index in [2.05, 4.69) is 15.6 Å². The summed E-state index contributed by atoms with van der Waals surface area (Å²) in [5, 5.41) is 9.08. The normalized spacial score (nSPS) is 10.3. The van der Waals surface area contributed by atoms with Gasteiger partial charge in [-0.2, -0.15) is 0 Å². The van der Waals surface area contributed by atoms with Crippen molar-refractivity contribution in [2.75, 3.05) is 18.9 Å². The highest BCUT2D eigenvalue weighted by molar-refractivity contribution is 7.09. The maximum absolute atomic E-state index is 12.2. The van der Waals surface area contributed by atoms with Gasteiger partial charge in [0.15, 0.2) is 0 Å². The molecule has 0 fully saturated rings. The van der Waals surface area contributed by atoms with Gasteiger partial charge in [0.25, 0.3) is 5.91 Å². The summed E-state index contributed by atoms with van der Waals surface area (Å²) >= 11 is 1.63. The molecule has 0 aliphatic heterocycles. The highest BCUT2D eigenvalue weighted by atomic mass is 32.1. The van der Waals surface area contributed by atoms with Crippen molar-refractivity contribution in [2.24, 2.45) is 0 Å². The number of nitrogens with one attached hydrogen (secondary N) is 2. The Hall–Kier alpha value is -1.88. The third-order valence-corrected chi connectivity index (χ3v) is 3.84. The van der Waals surface area contributed by atoms with Crippen molar-refractivity contribution in [1.29, 1.82) is 0 Å². The predicted octanol–water partition coefficient (Wildman–Crippen LogP) is 2.77. The molecule has 0 unspecified atom stereocenters. The first-order chi connectivity index (χ1) is 9.60. The quantitative estimate of drug-likeness (QED) is 0.890. The van der Waals surface area contributed by atoms with Crippen molar-refractivity contribution in [3.8, 4) is 0 Å². The first-order valence-corrected chi connectivity index (χ1v) is 7.45. The van der Waals surface area contributed by atoms with Gasteiger partial charge in [-0.25, -0.2) is 4.98 Å². The molecule has 20 heavy (non-hydrogen) atoms. The predicted molar refractivity (Wildman–Crippen MR) is 83.6 cm³/mol. The van der Waals surface area contributed by atoms with Gasteiger partial charge in [0.2, 0.25) is 0 Å². The zero-order chi connectivity index (χ0) is 14.5. The van der Waals surface area contributed by atoms with Gasteiger partial charge >= 0.3 is 0 Å². The van der Waals surface area contributed by atoms with E-state index in [1.54, 1.807) is 11.3 Å². The summed E-state index contributed by atoms with van der Waals surface area (Å²) in [4.78, 5) is 16.6. The summed E-state index contributed by atoms with van der Waals surface area (Å²) < 4.78 is 0. The van der Waals surface area contributed by atoms with E-state index in [1.165, 1.54) is 0 Å². The third kappa shape index (κ3) is 3.57. The molecule has 5 heteroatoms. The zero-order valence-corrected chi connectivity index (χ0v) is 12.8. The molecule has 0 spiro atoms. The number of carbonyl (C=O) groups is 1. The second-order valence-corrected chi connectivity index (χ2v) is 5.73. The topological polar surface area (TPSA) is 54.0 Å². The second-order valence-electron chi connectivity index (χ2n) is 4.66. The number of benzene rings is 1. The molecule has 0 radical (unpaired) electrons. The first kappa shape index (κ1) is 14.5. The Morgan fingerprint density at radius 3 is 2.80 bits per heavy atom. The van der Waals surface area contributed by atoms with E-state index in [0.717, 1.165) is 28.4 Å². The lowest BCUT2D eigenvalue weighted by Crippen LogP contribution is -2.26. The van der Waals surface area contributed by atoms with Crippen LogP contribution < -0.4 is 10.6 Å². The van der Waals surface area contributed by atoms with Crippen LogP contribution in [-0.4, -0.2) is 24.5 Å². The minimum absolute atomic E-state index is 0.0509. The molecule has 2 rings (SSSR count). The Balaban J connectivity index is 1.96. The SMILES string of the molecule is CNc1ccc(C)cc1C(=O)NCCc1csc(C)n1. The van der Waals surface area contributed by atoms with E-state index in [9.17, 15) is 4.79 Å². The van der Waals surface area contributed by atoms with Crippen LogP contribution >= 0.6 is 11.3 Å². The summed E-state index contributed by atoms with van der Waals surface area (Å²) in [6.07, 6.45) is 0.761. The van der Waals surface area contributed by atoms with Crippen molar-refractivity contribution in [3.05, 3.63) is 45.4 Å². The van der Waals surface area contributed by atoms with Crippen LogP contribution in [0, 0.1) is 13.8 Å². The van der Waals surface area contributed by atoms with Crippen LogP contribution in [0.3, 0.4) is 0 Å². The minimum atomic E-state index is -0.0509. The van der Waals surface area contributed by atoms with Gasteiger partial charge in [-0.3, -0.25) is 4.79 Å². The number of anilines is 1. The van der Waals surface area contributed by atoms with Gasteiger partial charge in [-0.05, 0) is 26.0 Å². The van der Waals surface area contributed by atoms with Crippen LogP contribution in [0.25, 0.3) is 0 Å². The van der Waals surface area contributed by atoms with Crippen LogP contribution in [0.1, 0.15) is 26.6 Å². The molecule has 0 saturated carbocycles. The van der Waals surface area contributed by atoms with Crippen LogP contribution in [0.2, 0.25) is 0 Å². The second kappa shape index (κ2) is 6.52. The Morgan fingerprint density at radius 2 is 2.15 bits per heavy atom.